The van der Waals surface area contributed by atoms with Crippen LogP contribution in [0.3, 0.4) is 0 Å². The fourth-order valence-corrected chi connectivity index (χ4v) is 2.09. The molecule has 1 heterocycles. The van der Waals surface area contributed by atoms with Gasteiger partial charge in [0.15, 0.2) is 0 Å². The molecule has 1 aliphatic heterocycles. The summed E-state index contributed by atoms with van der Waals surface area (Å²) in [5, 5.41) is 6.00. The van der Waals surface area contributed by atoms with Crippen LogP contribution in [0.25, 0.3) is 0 Å². The Morgan fingerprint density at radius 2 is 2.22 bits per heavy atom. The third kappa shape index (κ3) is 2.68. The van der Waals surface area contributed by atoms with Gasteiger partial charge in [0.1, 0.15) is 0 Å². The monoisotopic (exact) mass is 247 g/mol. The van der Waals surface area contributed by atoms with Crippen molar-refractivity contribution in [3.63, 3.8) is 0 Å². The van der Waals surface area contributed by atoms with Gasteiger partial charge in [0, 0.05) is 11.3 Å². The molecular weight excluding hydrogens is 230 g/mol. The summed E-state index contributed by atoms with van der Waals surface area (Å²) in [6.45, 7) is 2.72. The van der Waals surface area contributed by atoms with Crippen LogP contribution in [0.15, 0.2) is 18.2 Å². The molecule has 0 aromatic heterocycles. The molecule has 1 atom stereocenters. The van der Waals surface area contributed by atoms with E-state index in [1.807, 2.05) is 6.92 Å². The summed E-state index contributed by atoms with van der Waals surface area (Å²) in [5.41, 5.74) is 7.20. The molecule has 0 radical (unpaired) electrons. The number of carbonyl (C=O) groups is 2. The van der Waals surface area contributed by atoms with Crippen LogP contribution in [0.1, 0.15) is 28.8 Å². The van der Waals surface area contributed by atoms with E-state index >= 15 is 0 Å². The fraction of sp³-hybridized carbons (Fsp3) is 0.385. The van der Waals surface area contributed by atoms with Crippen LogP contribution >= 0.6 is 0 Å². The summed E-state index contributed by atoms with van der Waals surface area (Å²) < 4.78 is 0. The molecule has 1 unspecified atom stereocenters. The standard InChI is InChI=1S/C13H17N3O2/c1-8-7-9(12(14)17)4-5-10(8)16-13(18)11-3-2-6-15-11/h4-5,7,11,15H,2-3,6H2,1H3,(H2,14,17)(H,16,18). The number of anilines is 1. The van der Waals surface area contributed by atoms with Gasteiger partial charge >= 0.3 is 0 Å². The number of amides is 2. The summed E-state index contributed by atoms with van der Waals surface area (Å²) >= 11 is 0. The summed E-state index contributed by atoms with van der Waals surface area (Å²) in [6, 6.07) is 4.90. The van der Waals surface area contributed by atoms with Crippen LogP contribution < -0.4 is 16.4 Å². The number of benzene rings is 1. The molecule has 0 spiro atoms. The molecule has 1 aromatic carbocycles. The zero-order valence-electron chi connectivity index (χ0n) is 10.3. The van der Waals surface area contributed by atoms with Crippen molar-refractivity contribution in [2.45, 2.75) is 25.8 Å². The van der Waals surface area contributed by atoms with Crippen LogP contribution in [-0.2, 0) is 4.79 Å². The van der Waals surface area contributed by atoms with Crippen molar-refractivity contribution in [1.29, 1.82) is 0 Å². The van der Waals surface area contributed by atoms with Gasteiger partial charge in [-0.05, 0) is 50.1 Å². The zero-order chi connectivity index (χ0) is 13.1. The van der Waals surface area contributed by atoms with Gasteiger partial charge in [0.05, 0.1) is 6.04 Å². The first-order valence-corrected chi connectivity index (χ1v) is 6.02. The first-order chi connectivity index (χ1) is 8.58. The van der Waals surface area contributed by atoms with E-state index in [1.165, 1.54) is 0 Å². The quantitative estimate of drug-likeness (QED) is 0.738. The minimum Gasteiger partial charge on any atom is -0.366 e. The van der Waals surface area contributed by atoms with Gasteiger partial charge in [-0.15, -0.1) is 0 Å². The normalized spacial score (nSPS) is 18.6. The summed E-state index contributed by atoms with van der Waals surface area (Å²) in [5.74, 6) is -0.490. The van der Waals surface area contributed by atoms with E-state index in [0.29, 0.717) is 5.56 Å². The van der Waals surface area contributed by atoms with E-state index in [1.54, 1.807) is 18.2 Å². The predicted molar refractivity (Wildman–Crippen MR) is 69.4 cm³/mol. The van der Waals surface area contributed by atoms with Crippen molar-refractivity contribution in [3.05, 3.63) is 29.3 Å². The molecule has 5 heteroatoms. The van der Waals surface area contributed by atoms with Crippen LogP contribution in [0, 0.1) is 6.92 Å². The average Bonchev–Trinajstić information content (AvgIpc) is 2.85. The summed E-state index contributed by atoms with van der Waals surface area (Å²) in [4.78, 5) is 22.9. The van der Waals surface area contributed by atoms with Gasteiger partial charge in [-0.3, -0.25) is 9.59 Å². The fourth-order valence-electron chi connectivity index (χ4n) is 2.09. The Morgan fingerprint density at radius 1 is 1.44 bits per heavy atom. The van der Waals surface area contributed by atoms with E-state index < -0.39 is 5.91 Å². The van der Waals surface area contributed by atoms with Gasteiger partial charge in [0.25, 0.3) is 0 Å². The Balaban J connectivity index is 2.09. The van der Waals surface area contributed by atoms with Gasteiger partial charge < -0.3 is 16.4 Å². The second-order valence-corrected chi connectivity index (χ2v) is 4.53. The zero-order valence-corrected chi connectivity index (χ0v) is 10.3. The Bertz CT molecular complexity index is 479. The Labute approximate surface area is 106 Å². The minimum atomic E-state index is -0.464. The molecule has 1 aromatic rings. The number of hydrogen-bond donors (Lipinski definition) is 3. The molecule has 2 amide bonds. The molecule has 1 fully saturated rings. The van der Waals surface area contributed by atoms with Crippen molar-refractivity contribution in [3.8, 4) is 0 Å². The lowest BCUT2D eigenvalue weighted by atomic mass is 10.1. The molecule has 5 nitrogen and oxygen atoms in total. The Hall–Kier alpha value is -1.88. The van der Waals surface area contributed by atoms with Crippen molar-refractivity contribution in [2.75, 3.05) is 11.9 Å². The third-order valence-corrected chi connectivity index (χ3v) is 3.15. The molecule has 0 saturated carbocycles. The van der Waals surface area contributed by atoms with Crippen molar-refractivity contribution < 1.29 is 9.59 Å². The number of nitrogens with two attached hydrogens (primary N) is 1. The molecule has 0 bridgehead atoms. The highest BCUT2D eigenvalue weighted by molar-refractivity contribution is 5.97. The molecule has 1 aliphatic rings. The number of primary amides is 1. The largest absolute Gasteiger partial charge is 0.366 e. The first-order valence-electron chi connectivity index (χ1n) is 6.02. The Morgan fingerprint density at radius 3 is 2.78 bits per heavy atom. The molecule has 4 N–H and O–H groups in total. The highest BCUT2D eigenvalue weighted by atomic mass is 16.2. The lowest BCUT2D eigenvalue weighted by molar-refractivity contribution is -0.117. The second-order valence-electron chi connectivity index (χ2n) is 4.53. The number of hydrogen-bond acceptors (Lipinski definition) is 3. The molecule has 18 heavy (non-hydrogen) atoms. The van der Waals surface area contributed by atoms with Gasteiger partial charge in [0.2, 0.25) is 11.8 Å². The van der Waals surface area contributed by atoms with Gasteiger partial charge in [-0.1, -0.05) is 0 Å². The lowest BCUT2D eigenvalue weighted by Gasteiger charge is -2.13. The SMILES string of the molecule is Cc1cc(C(N)=O)ccc1NC(=O)C1CCCN1. The second kappa shape index (κ2) is 5.18. The topological polar surface area (TPSA) is 84.2 Å². The van der Waals surface area contributed by atoms with E-state index in [4.69, 9.17) is 5.73 Å². The van der Waals surface area contributed by atoms with Crippen molar-refractivity contribution in [1.82, 2.24) is 5.32 Å². The van der Waals surface area contributed by atoms with E-state index in [-0.39, 0.29) is 11.9 Å². The van der Waals surface area contributed by atoms with Crippen molar-refractivity contribution >= 4 is 17.5 Å². The van der Waals surface area contributed by atoms with E-state index in [9.17, 15) is 9.59 Å². The molecular formula is C13H17N3O2. The van der Waals surface area contributed by atoms with Crippen LogP contribution in [0.2, 0.25) is 0 Å². The van der Waals surface area contributed by atoms with Crippen molar-refractivity contribution in [2.24, 2.45) is 5.73 Å². The maximum Gasteiger partial charge on any atom is 0.248 e. The number of carbonyl (C=O) groups excluding carboxylic acids is 2. The number of nitrogens with one attached hydrogen (secondary N) is 2. The average molecular weight is 247 g/mol. The number of rotatable bonds is 3. The molecule has 1 saturated heterocycles. The maximum atomic E-state index is 11.9. The molecule has 96 valence electrons. The van der Waals surface area contributed by atoms with Crippen LogP contribution in [0.5, 0.6) is 0 Å². The van der Waals surface area contributed by atoms with Gasteiger partial charge in [-0.2, -0.15) is 0 Å². The maximum absolute atomic E-state index is 11.9. The smallest absolute Gasteiger partial charge is 0.248 e. The lowest BCUT2D eigenvalue weighted by Crippen LogP contribution is -2.35. The van der Waals surface area contributed by atoms with Crippen LogP contribution in [-0.4, -0.2) is 24.4 Å². The first kappa shape index (κ1) is 12.6. The minimum absolute atomic E-state index is 0.0255. The highest BCUT2D eigenvalue weighted by Gasteiger charge is 2.22. The number of aryl methyl sites for hydroxylation is 1. The van der Waals surface area contributed by atoms with Crippen LogP contribution in [0.4, 0.5) is 5.69 Å². The van der Waals surface area contributed by atoms with E-state index in [0.717, 1.165) is 30.6 Å². The molecule has 2 rings (SSSR count). The third-order valence-electron chi connectivity index (χ3n) is 3.15. The highest BCUT2D eigenvalue weighted by Crippen LogP contribution is 2.17. The van der Waals surface area contributed by atoms with E-state index in [2.05, 4.69) is 10.6 Å². The predicted octanol–water partition coefficient (Wildman–Crippen LogP) is 0.784. The molecule has 0 aliphatic carbocycles. The summed E-state index contributed by atoms with van der Waals surface area (Å²) in [7, 11) is 0. The van der Waals surface area contributed by atoms with Gasteiger partial charge in [-0.25, -0.2) is 0 Å². The Kier molecular flexibility index (Phi) is 3.62. The summed E-state index contributed by atoms with van der Waals surface area (Å²) in [6.07, 6.45) is 1.89.